The van der Waals surface area contributed by atoms with Crippen LogP contribution < -0.4 is 0 Å². The summed E-state index contributed by atoms with van der Waals surface area (Å²) in [5.41, 5.74) is 1.39. The molecule has 0 saturated carbocycles. The van der Waals surface area contributed by atoms with E-state index in [1.54, 1.807) is 13.0 Å². The molecule has 0 radical (unpaired) electrons. The summed E-state index contributed by atoms with van der Waals surface area (Å²) in [5, 5.41) is 8.64. The van der Waals surface area contributed by atoms with Gasteiger partial charge in [-0.3, -0.25) is 0 Å². The lowest BCUT2D eigenvalue weighted by Crippen LogP contribution is -2.02. The van der Waals surface area contributed by atoms with Crippen molar-refractivity contribution in [2.24, 2.45) is 0 Å². The lowest BCUT2D eigenvalue weighted by molar-refractivity contribution is -0.132. The highest BCUT2D eigenvalue weighted by Crippen LogP contribution is 2.15. The molecule has 0 heterocycles. The van der Waals surface area contributed by atoms with Crippen molar-refractivity contribution in [2.75, 3.05) is 6.61 Å². The van der Waals surface area contributed by atoms with Gasteiger partial charge in [-0.1, -0.05) is 30.3 Å². The highest BCUT2D eigenvalue weighted by Gasteiger charge is 2.04. The second-order valence-electron chi connectivity index (χ2n) is 3.58. The average molecular weight is 220 g/mol. The normalized spacial score (nSPS) is 13.5. The topological polar surface area (TPSA) is 46.5 Å². The van der Waals surface area contributed by atoms with Gasteiger partial charge in [-0.2, -0.15) is 0 Å². The summed E-state index contributed by atoms with van der Waals surface area (Å²) >= 11 is 0. The molecule has 0 spiro atoms. The van der Waals surface area contributed by atoms with E-state index in [0.717, 1.165) is 5.56 Å². The Morgan fingerprint density at radius 2 is 2.06 bits per heavy atom. The maximum atomic E-state index is 10.5. The summed E-state index contributed by atoms with van der Waals surface area (Å²) in [6.45, 7) is 3.81. The number of carboxylic acid groups (broad SMARTS) is 1. The Labute approximate surface area is 95.4 Å². The largest absolute Gasteiger partial charge is 0.478 e. The molecule has 0 fully saturated rings. The Balaban J connectivity index is 2.45. The highest BCUT2D eigenvalue weighted by molar-refractivity contribution is 5.85. The molecule has 0 saturated heterocycles. The fraction of sp³-hybridized carbons (Fsp3) is 0.308. The first kappa shape index (κ1) is 12.5. The molecule has 3 nitrogen and oxygen atoms in total. The predicted molar refractivity (Wildman–Crippen MR) is 62.2 cm³/mol. The molecule has 0 aliphatic carbocycles. The third-order valence-corrected chi connectivity index (χ3v) is 2.34. The van der Waals surface area contributed by atoms with E-state index in [0.29, 0.717) is 12.2 Å². The molecule has 0 bridgehead atoms. The summed E-state index contributed by atoms with van der Waals surface area (Å²) in [7, 11) is 0. The molecule has 0 amide bonds. The van der Waals surface area contributed by atoms with E-state index >= 15 is 0 Å². The summed E-state index contributed by atoms with van der Waals surface area (Å²) in [5.74, 6) is -0.907. The van der Waals surface area contributed by atoms with E-state index in [2.05, 4.69) is 0 Å². The number of carbonyl (C=O) groups is 1. The lowest BCUT2D eigenvalue weighted by Gasteiger charge is -2.11. The van der Waals surface area contributed by atoms with Gasteiger partial charge in [-0.25, -0.2) is 4.79 Å². The Morgan fingerprint density at radius 1 is 1.44 bits per heavy atom. The Hall–Kier alpha value is -1.61. The number of hydrogen-bond donors (Lipinski definition) is 1. The van der Waals surface area contributed by atoms with Crippen LogP contribution in [-0.2, 0) is 9.53 Å². The van der Waals surface area contributed by atoms with Gasteiger partial charge in [0.05, 0.1) is 12.7 Å². The van der Waals surface area contributed by atoms with Gasteiger partial charge in [-0.05, 0) is 25.5 Å². The molecule has 1 N–H and O–H groups in total. The third-order valence-electron chi connectivity index (χ3n) is 2.34. The van der Waals surface area contributed by atoms with E-state index < -0.39 is 5.97 Å². The van der Waals surface area contributed by atoms with Crippen molar-refractivity contribution in [3.05, 3.63) is 47.5 Å². The van der Waals surface area contributed by atoms with Crippen molar-refractivity contribution in [2.45, 2.75) is 20.0 Å². The fourth-order valence-electron chi connectivity index (χ4n) is 1.23. The van der Waals surface area contributed by atoms with Crippen molar-refractivity contribution in [3.8, 4) is 0 Å². The van der Waals surface area contributed by atoms with Crippen molar-refractivity contribution in [1.29, 1.82) is 0 Å². The van der Waals surface area contributed by atoms with Gasteiger partial charge < -0.3 is 9.84 Å². The van der Waals surface area contributed by atoms with E-state index in [1.807, 2.05) is 37.3 Å². The smallest absolute Gasteiger partial charge is 0.331 e. The van der Waals surface area contributed by atoms with Crippen LogP contribution in [0.25, 0.3) is 0 Å². The number of aliphatic carboxylic acids is 1. The number of benzene rings is 1. The van der Waals surface area contributed by atoms with Crippen molar-refractivity contribution in [3.63, 3.8) is 0 Å². The van der Waals surface area contributed by atoms with Crippen LogP contribution in [0, 0.1) is 0 Å². The van der Waals surface area contributed by atoms with Crippen LogP contribution in [-0.4, -0.2) is 17.7 Å². The minimum absolute atomic E-state index is 0.0287. The molecule has 1 rings (SSSR count). The molecule has 0 aromatic heterocycles. The first-order chi connectivity index (χ1) is 7.61. The first-order valence-corrected chi connectivity index (χ1v) is 5.18. The zero-order valence-corrected chi connectivity index (χ0v) is 9.51. The van der Waals surface area contributed by atoms with Crippen LogP contribution in [0.4, 0.5) is 0 Å². The minimum atomic E-state index is -0.907. The maximum Gasteiger partial charge on any atom is 0.331 e. The monoisotopic (exact) mass is 220 g/mol. The van der Waals surface area contributed by atoms with E-state index in [9.17, 15) is 4.79 Å². The van der Waals surface area contributed by atoms with Crippen LogP contribution in [0.3, 0.4) is 0 Å². The Morgan fingerprint density at radius 3 is 2.62 bits per heavy atom. The molecule has 1 unspecified atom stereocenters. The molecule has 1 aromatic carbocycles. The number of rotatable bonds is 5. The fourth-order valence-corrected chi connectivity index (χ4v) is 1.23. The molecule has 86 valence electrons. The standard InChI is InChI=1S/C13H16O3/c1-10(13(14)15)8-9-16-11(2)12-6-4-3-5-7-12/h3-8,11H,9H2,1-2H3,(H,14,15). The van der Waals surface area contributed by atoms with Crippen LogP contribution in [0.5, 0.6) is 0 Å². The summed E-state index contributed by atoms with van der Waals surface area (Å²) in [6, 6.07) is 9.82. The number of ether oxygens (including phenoxy) is 1. The summed E-state index contributed by atoms with van der Waals surface area (Å²) < 4.78 is 5.51. The third kappa shape index (κ3) is 3.87. The quantitative estimate of drug-likeness (QED) is 0.776. The molecular weight excluding hydrogens is 204 g/mol. The second-order valence-corrected chi connectivity index (χ2v) is 3.58. The molecule has 3 heteroatoms. The molecule has 1 atom stereocenters. The number of carboxylic acids is 1. The van der Waals surface area contributed by atoms with E-state index in [1.165, 1.54) is 0 Å². The maximum absolute atomic E-state index is 10.5. The van der Waals surface area contributed by atoms with Gasteiger partial charge in [-0.15, -0.1) is 0 Å². The molecule has 0 aliphatic rings. The number of hydrogen-bond acceptors (Lipinski definition) is 2. The van der Waals surface area contributed by atoms with Gasteiger partial charge in [0.2, 0.25) is 0 Å². The molecule has 0 aliphatic heterocycles. The zero-order valence-electron chi connectivity index (χ0n) is 9.51. The Kier molecular flexibility index (Phi) is 4.73. The molecule has 1 aromatic rings. The average Bonchev–Trinajstić information content (AvgIpc) is 2.29. The predicted octanol–water partition coefficient (Wildman–Crippen LogP) is 2.80. The lowest BCUT2D eigenvalue weighted by atomic mass is 10.1. The summed E-state index contributed by atoms with van der Waals surface area (Å²) in [4.78, 5) is 10.5. The van der Waals surface area contributed by atoms with E-state index in [4.69, 9.17) is 9.84 Å². The van der Waals surface area contributed by atoms with Gasteiger partial charge in [0.15, 0.2) is 0 Å². The molecular formula is C13H16O3. The van der Waals surface area contributed by atoms with Crippen LogP contribution in [0.15, 0.2) is 42.0 Å². The minimum Gasteiger partial charge on any atom is -0.478 e. The van der Waals surface area contributed by atoms with Gasteiger partial charge in [0.25, 0.3) is 0 Å². The van der Waals surface area contributed by atoms with Gasteiger partial charge in [0.1, 0.15) is 0 Å². The SMILES string of the molecule is CC(=CCOC(C)c1ccccc1)C(=O)O. The van der Waals surface area contributed by atoms with Crippen molar-refractivity contribution >= 4 is 5.97 Å². The molecule has 16 heavy (non-hydrogen) atoms. The Bertz CT molecular complexity index is 368. The zero-order chi connectivity index (χ0) is 12.0. The van der Waals surface area contributed by atoms with Crippen LogP contribution >= 0.6 is 0 Å². The van der Waals surface area contributed by atoms with Crippen molar-refractivity contribution < 1.29 is 14.6 Å². The van der Waals surface area contributed by atoms with Gasteiger partial charge in [0, 0.05) is 5.57 Å². The highest BCUT2D eigenvalue weighted by atomic mass is 16.5. The first-order valence-electron chi connectivity index (χ1n) is 5.18. The van der Waals surface area contributed by atoms with Crippen LogP contribution in [0.2, 0.25) is 0 Å². The van der Waals surface area contributed by atoms with E-state index in [-0.39, 0.29) is 6.10 Å². The summed E-state index contributed by atoms with van der Waals surface area (Å²) in [6.07, 6.45) is 1.54. The van der Waals surface area contributed by atoms with Crippen LogP contribution in [0.1, 0.15) is 25.5 Å². The van der Waals surface area contributed by atoms with Crippen molar-refractivity contribution in [1.82, 2.24) is 0 Å². The van der Waals surface area contributed by atoms with Gasteiger partial charge >= 0.3 is 5.97 Å². The second kappa shape index (κ2) is 6.08.